The summed E-state index contributed by atoms with van der Waals surface area (Å²) >= 11 is 0. The first-order chi connectivity index (χ1) is 6.31. The van der Waals surface area contributed by atoms with Gasteiger partial charge in [0.05, 0.1) is 6.61 Å². The average molecular weight is 180 g/mol. The normalized spacial score (nSPS) is 10.1. The Labute approximate surface area is 78.9 Å². The van der Waals surface area contributed by atoms with E-state index in [-0.39, 0.29) is 0 Å². The van der Waals surface area contributed by atoms with E-state index >= 15 is 0 Å². The quantitative estimate of drug-likeness (QED) is 0.763. The summed E-state index contributed by atoms with van der Waals surface area (Å²) in [7, 11) is 0. The van der Waals surface area contributed by atoms with Crippen LogP contribution in [0.2, 0.25) is 0 Å². The van der Waals surface area contributed by atoms with Crippen molar-refractivity contribution >= 4 is 0 Å². The number of pyridine rings is 1. The van der Waals surface area contributed by atoms with E-state index in [9.17, 15) is 0 Å². The molecule has 0 amide bonds. The maximum Gasteiger partial charge on any atom is 0.218 e. The summed E-state index contributed by atoms with van der Waals surface area (Å²) in [6.07, 6.45) is 0.922. The first-order valence-corrected chi connectivity index (χ1v) is 4.63. The van der Waals surface area contributed by atoms with E-state index in [4.69, 9.17) is 10.5 Å². The highest BCUT2D eigenvalue weighted by atomic mass is 16.5. The van der Waals surface area contributed by atoms with Crippen LogP contribution in [0.25, 0.3) is 0 Å². The third-order valence-corrected chi connectivity index (χ3v) is 1.86. The van der Waals surface area contributed by atoms with Crippen molar-refractivity contribution in [2.75, 3.05) is 6.61 Å². The lowest BCUT2D eigenvalue weighted by Gasteiger charge is -2.08. The fourth-order valence-corrected chi connectivity index (χ4v) is 1.12. The molecule has 1 aromatic heterocycles. The lowest BCUT2D eigenvalue weighted by atomic mass is 10.2. The molecule has 1 aromatic rings. The van der Waals surface area contributed by atoms with Gasteiger partial charge in [0.1, 0.15) is 0 Å². The number of hydrogen-bond acceptors (Lipinski definition) is 3. The van der Waals surface area contributed by atoms with Crippen LogP contribution in [0.4, 0.5) is 0 Å². The molecule has 0 saturated carbocycles. The van der Waals surface area contributed by atoms with Crippen LogP contribution < -0.4 is 10.5 Å². The van der Waals surface area contributed by atoms with Crippen LogP contribution in [0.15, 0.2) is 12.1 Å². The zero-order valence-corrected chi connectivity index (χ0v) is 8.21. The minimum Gasteiger partial charge on any atom is -0.478 e. The molecule has 0 spiro atoms. The molecule has 0 unspecified atom stereocenters. The summed E-state index contributed by atoms with van der Waals surface area (Å²) in [6.45, 7) is 5.13. The molecule has 0 aliphatic carbocycles. The van der Waals surface area contributed by atoms with Crippen molar-refractivity contribution in [2.45, 2.75) is 26.8 Å². The second-order valence-corrected chi connectivity index (χ2v) is 2.76. The topological polar surface area (TPSA) is 48.1 Å². The van der Waals surface area contributed by atoms with E-state index in [0.29, 0.717) is 19.0 Å². The van der Waals surface area contributed by atoms with Crippen molar-refractivity contribution in [2.24, 2.45) is 5.73 Å². The Morgan fingerprint density at radius 1 is 1.38 bits per heavy atom. The van der Waals surface area contributed by atoms with Gasteiger partial charge < -0.3 is 10.5 Å². The molecule has 72 valence electrons. The monoisotopic (exact) mass is 180 g/mol. The second kappa shape index (κ2) is 4.82. The molecule has 0 bridgehead atoms. The summed E-state index contributed by atoms with van der Waals surface area (Å²) < 4.78 is 5.38. The zero-order chi connectivity index (χ0) is 9.68. The van der Waals surface area contributed by atoms with Gasteiger partial charge in [0.25, 0.3) is 0 Å². The van der Waals surface area contributed by atoms with Gasteiger partial charge in [-0.05, 0) is 19.4 Å². The highest BCUT2D eigenvalue weighted by molar-refractivity contribution is 5.28. The van der Waals surface area contributed by atoms with Crippen LogP contribution in [-0.4, -0.2) is 11.6 Å². The number of aryl methyl sites for hydroxylation is 1. The van der Waals surface area contributed by atoms with Crippen LogP contribution >= 0.6 is 0 Å². The molecule has 0 atom stereocenters. The number of nitrogens with two attached hydrogens (primary N) is 1. The van der Waals surface area contributed by atoms with Gasteiger partial charge in [0, 0.05) is 17.8 Å². The predicted molar refractivity (Wildman–Crippen MR) is 52.7 cm³/mol. The van der Waals surface area contributed by atoms with Gasteiger partial charge >= 0.3 is 0 Å². The minimum atomic E-state index is 0.478. The Kier molecular flexibility index (Phi) is 3.71. The largest absolute Gasteiger partial charge is 0.478 e. The SMILES string of the molecule is CCOc1nc(CC)ccc1CN. The molecular weight excluding hydrogens is 164 g/mol. The van der Waals surface area contributed by atoms with Crippen molar-refractivity contribution in [3.05, 3.63) is 23.4 Å². The first kappa shape index (κ1) is 9.99. The van der Waals surface area contributed by atoms with Crippen LogP contribution in [0.5, 0.6) is 5.88 Å². The van der Waals surface area contributed by atoms with Crippen molar-refractivity contribution < 1.29 is 4.74 Å². The summed E-state index contributed by atoms with van der Waals surface area (Å²) in [4.78, 5) is 4.35. The molecule has 3 heteroatoms. The summed E-state index contributed by atoms with van der Waals surface area (Å²) in [5.74, 6) is 0.685. The Hall–Kier alpha value is -1.09. The molecule has 0 fully saturated rings. The number of nitrogens with zero attached hydrogens (tertiary/aromatic N) is 1. The van der Waals surface area contributed by atoms with Crippen molar-refractivity contribution in [3.63, 3.8) is 0 Å². The van der Waals surface area contributed by atoms with E-state index in [2.05, 4.69) is 11.9 Å². The van der Waals surface area contributed by atoms with E-state index in [1.54, 1.807) is 0 Å². The molecule has 0 aliphatic heterocycles. The van der Waals surface area contributed by atoms with Crippen molar-refractivity contribution in [3.8, 4) is 5.88 Å². The van der Waals surface area contributed by atoms with E-state index < -0.39 is 0 Å². The average Bonchev–Trinajstić information content (AvgIpc) is 2.18. The zero-order valence-electron chi connectivity index (χ0n) is 8.21. The minimum absolute atomic E-state index is 0.478. The Morgan fingerprint density at radius 2 is 2.15 bits per heavy atom. The van der Waals surface area contributed by atoms with Crippen LogP contribution in [-0.2, 0) is 13.0 Å². The molecule has 1 rings (SSSR count). The van der Waals surface area contributed by atoms with Gasteiger partial charge in [-0.25, -0.2) is 4.98 Å². The van der Waals surface area contributed by atoms with Crippen molar-refractivity contribution in [1.29, 1.82) is 0 Å². The van der Waals surface area contributed by atoms with Gasteiger partial charge in [-0.2, -0.15) is 0 Å². The Morgan fingerprint density at radius 3 is 2.69 bits per heavy atom. The number of ether oxygens (including phenoxy) is 1. The molecular formula is C10H16N2O. The van der Waals surface area contributed by atoms with Gasteiger partial charge in [-0.3, -0.25) is 0 Å². The number of hydrogen-bond donors (Lipinski definition) is 1. The molecule has 3 nitrogen and oxygen atoms in total. The smallest absolute Gasteiger partial charge is 0.218 e. The first-order valence-electron chi connectivity index (χ1n) is 4.63. The molecule has 0 aromatic carbocycles. The lowest BCUT2D eigenvalue weighted by molar-refractivity contribution is 0.322. The molecule has 0 radical (unpaired) electrons. The fourth-order valence-electron chi connectivity index (χ4n) is 1.12. The highest BCUT2D eigenvalue weighted by Gasteiger charge is 2.03. The van der Waals surface area contributed by atoms with Gasteiger partial charge in [-0.1, -0.05) is 13.0 Å². The Balaban J connectivity index is 2.95. The molecule has 1 heterocycles. The van der Waals surface area contributed by atoms with Crippen LogP contribution in [0.3, 0.4) is 0 Å². The van der Waals surface area contributed by atoms with Gasteiger partial charge in [0.2, 0.25) is 5.88 Å². The summed E-state index contributed by atoms with van der Waals surface area (Å²) in [5.41, 5.74) is 7.57. The molecule has 13 heavy (non-hydrogen) atoms. The maximum atomic E-state index is 5.55. The van der Waals surface area contributed by atoms with E-state index in [1.165, 1.54) is 0 Å². The lowest BCUT2D eigenvalue weighted by Crippen LogP contribution is -2.05. The van der Waals surface area contributed by atoms with Crippen LogP contribution in [0, 0.1) is 0 Å². The van der Waals surface area contributed by atoms with Crippen LogP contribution in [0.1, 0.15) is 25.1 Å². The van der Waals surface area contributed by atoms with E-state index in [1.807, 2.05) is 19.1 Å². The maximum absolute atomic E-state index is 5.55. The number of aromatic nitrogens is 1. The van der Waals surface area contributed by atoms with Gasteiger partial charge in [0.15, 0.2) is 0 Å². The summed E-state index contributed by atoms with van der Waals surface area (Å²) in [5, 5.41) is 0. The fraction of sp³-hybridized carbons (Fsp3) is 0.500. The highest BCUT2D eigenvalue weighted by Crippen LogP contribution is 2.15. The number of rotatable bonds is 4. The predicted octanol–water partition coefficient (Wildman–Crippen LogP) is 1.50. The molecule has 0 saturated heterocycles. The van der Waals surface area contributed by atoms with E-state index in [0.717, 1.165) is 17.7 Å². The molecule has 2 N–H and O–H groups in total. The second-order valence-electron chi connectivity index (χ2n) is 2.76. The molecule has 0 aliphatic rings. The third kappa shape index (κ3) is 2.42. The van der Waals surface area contributed by atoms with Gasteiger partial charge in [-0.15, -0.1) is 0 Å². The summed E-state index contributed by atoms with van der Waals surface area (Å²) in [6, 6.07) is 3.97. The Bertz CT molecular complexity index is 274. The third-order valence-electron chi connectivity index (χ3n) is 1.86. The van der Waals surface area contributed by atoms with Crippen molar-refractivity contribution in [1.82, 2.24) is 4.98 Å². The standard InChI is InChI=1S/C10H16N2O/c1-3-9-6-5-8(7-11)10(12-9)13-4-2/h5-6H,3-4,7,11H2,1-2H3.